The molecule has 7 heteroatoms. The third-order valence-corrected chi connectivity index (χ3v) is 5.16. The van der Waals surface area contributed by atoms with E-state index < -0.39 is 12.1 Å². The van der Waals surface area contributed by atoms with Gasteiger partial charge in [0, 0.05) is 17.5 Å². The Morgan fingerprint density at radius 3 is 2.63 bits per heavy atom. The summed E-state index contributed by atoms with van der Waals surface area (Å²) >= 11 is 0. The van der Waals surface area contributed by atoms with Crippen molar-refractivity contribution in [1.82, 2.24) is 10.2 Å². The van der Waals surface area contributed by atoms with Gasteiger partial charge in [0.1, 0.15) is 5.82 Å². The van der Waals surface area contributed by atoms with E-state index in [1.807, 2.05) is 18.2 Å². The summed E-state index contributed by atoms with van der Waals surface area (Å²) in [5.74, 6) is -0.619. The molecule has 4 rings (SSSR count). The van der Waals surface area contributed by atoms with E-state index in [0.29, 0.717) is 11.1 Å². The number of hydrogen-bond donors (Lipinski definition) is 0. The molecule has 2 aromatic carbocycles. The molecular weight excluding hydrogens is 387 g/mol. The van der Waals surface area contributed by atoms with E-state index >= 15 is 0 Å². The first-order valence-electron chi connectivity index (χ1n) is 9.93. The lowest BCUT2D eigenvalue weighted by Gasteiger charge is -2.09. The van der Waals surface area contributed by atoms with Gasteiger partial charge >= 0.3 is 5.97 Å². The van der Waals surface area contributed by atoms with Crippen LogP contribution < -0.4 is 0 Å². The number of aryl methyl sites for hydroxylation is 2. The van der Waals surface area contributed by atoms with Crippen molar-refractivity contribution in [2.75, 3.05) is 0 Å². The maximum Gasteiger partial charge on any atom is 0.307 e. The van der Waals surface area contributed by atoms with E-state index in [-0.39, 0.29) is 36.2 Å². The number of carbonyl (C=O) groups is 2. The Labute approximate surface area is 173 Å². The molecule has 0 saturated carbocycles. The fourth-order valence-electron chi connectivity index (χ4n) is 3.52. The van der Waals surface area contributed by atoms with Gasteiger partial charge in [0.15, 0.2) is 11.9 Å². The van der Waals surface area contributed by atoms with Crippen LogP contribution in [0.1, 0.15) is 59.7 Å². The Kier molecular flexibility index (Phi) is 5.70. The Balaban J connectivity index is 1.30. The van der Waals surface area contributed by atoms with Gasteiger partial charge in [0.05, 0.1) is 6.42 Å². The quantitative estimate of drug-likeness (QED) is 0.419. The van der Waals surface area contributed by atoms with Crippen molar-refractivity contribution in [3.8, 4) is 11.5 Å². The number of ketones is 1. The van der Waals surface area contributed by atoms with Crippen LogP contribution in [0.5, 0.6) is 0 Å². The van der Waals surface area contributed by atoms with Crippen LogP contribution in [0, 0.1) is 5.82 Å². The molecule has 0 bridgehead atoms. The molecule has 154 valence electrons. The average molecular weight is 408 g/mol. The summed E-state index contributed by atoms with van der Waals surface area (Å²) in [7, 11) is 0. The first-order chi connectivity index (χ1) is 14.5. The number of aromatic nitrogens is 2. The van der Waals surface area contributed by atoms with Crippen LogP contribution in [0.15, 0.2) is 46.9 Å². The summed E-state index contributed by atoms with van der Waals surface area (Å²) in [4.78, 5) is 24.6. The summed E-state index contributed by atoms with van der Waals surface area (Å²) in [5.41, 5.74) is 3.73. The lowest BCUT2D eigenvalue weighted by molar-refractivity contribution is -0.149. The second kappa shape index (κ2) is 8.57. The standard InChI is InChI=1S/C23H21FN2O4/c1-14(22-25-26-23(30-22)16-7-9-19(24)10-8-16)29-21(28)12-11-20(27)18-6-5-15-3-2-4-17(15)13-18/h5-10,13-14H,2-4,11-12H2,1H3/t14-/m0/s1. The number of halogens is 1. The van der Waals surface area contributed by atoms with Gasteiger partial charge in [-0.3, -0.25) is 9.59 Å². The molecule has 0 unspecified atom stereocenters. The van der Waals surface area contributed by atoms with Crippen LogP contribution in [0.4, 0.5) is 4.39 Å². The third-order valence-electron chi connectivity index (χ3n) is 5.16. The van der Waals surface area contributed by atoms with E-state index in [2.05, 4.69) is 10.2 Å². The van der Waals surface area contributed by atoms with E-state index in [1.165, 1.54) is 35.4 Å². The minimum absolute atomic E-state index is 0.0286. The van der Waals surface area contributed by atoms with Gasteiger partial charge in [0.25, 0.3) is 5.89 Å². The van der Waals surface area contributed by atoms with Gasteiger partial charge in [-0.25, -0.2) is 4.39 Å². The Morgan fingerprint density at radius 2 is 1.83 bits per heavy atom. The third kappa shape index (κ3) is 4.45. The number of ether oxygens (including phenoxy) is 1. The average Bonchev–Trinajstić information content (AvgIpc) is 3.41. The van der Waals surface area contributed by atoms with Gasteiger partial charge in [-0.05, 0) is 67.6 Å². The van der Waals surface area contributed by atoms with E-state index in [1.54, 1.807) is 6.92 Å². The molecule has 0 spiro atoms. The maximum absolute atomic E-state index is 13.0. The number of fused-ring (bicyclic) bond motifs is 1. The zero-order chi connectivity index (χ0) is 21.1. The lowest BCUT2D eigenvalue weighted by Crippen LogP contribution is -2.11. The Morgan fingerprint density at radius 1 is 1.07 bits per heavy atom. The predicted octanol–water partition coefficient (Wildman–Crippen LogP) is 4.63. The molecule has 0 fully saturated rings. The fourth-order valence-corrected chi connectivity index (χ4v) is 3.52. The minimum atomic E-state index is -0.755. The van der Waals surface area contributed by atoms with Gasteiger partial charge in [-0.2, -0.15) is 0 Å². The first kappa shape index (κ1) is 19.9. The Hall–Kier alpha value is -3.35. The number of rotatable bonds is 7. The molecular formula is C23H21FN2O4. The van der Waals surface area contributed by atoms with Crippen molar-refractivity contribution in [3.05, 3.63) is 70.9 Å². The molecule has 0 saturated heterocycles. The molecule has 0 N–H and O–H groups in total. The lowest BCUT2D eigenvalue weighted by atomic mass is 10.0. The van der Waals surface area contributed by atoms with Crippen LogP contribution in [-0.4, -0.2) is 21.9 Å². The number of benzene rings is 2. The van der Waals surface area contributed by atoms with Crippen LogP contribution in [0.2, 0.25) is 0 Å². The smallest absolute Gasteiger partial charge is 0.307 e. The van der Waals surface area contributed by atoms with Gasteiger partial charge in [-0.15, -0.1) is 10.2 Å². The maximum atomic E-state index is 13.0. The summed E-state index contributed by atoms with van der Waals surface area (Å²) in [5, 5.41) is 7.79. The highest BCUT2D eigenvalue weighted by Crippen LogP contribution is 2.25. The zero-order valence-corrected chi connectivity index (χ0v) is 16.6. The molecule has 1 aliphatic rings. The van der Waals surface area contributed by atoms with Crippen LogP contribution in [-0.2, 0) is 22.4 Å². The summed E-state index contributed by atoms with van der Waals surface area (Å²) in [6.07, 6.45) is 2.48. The van der Waals surface area contributed by atoms with Gasteiger partial charge in [0.2, 0.25) is 5.89 Å². The van der Waals surface area contributed by atoms with Gasteiger partial charge in [-0.1, -0.05) is 12.1 Å². The van der Waals surface area contributed by atoms with Crippen molar-refractivity contribution in [3.63, 3.8) is 0 Å². The van der Waals surface area contributed by atoms with Crippen molar-refractivity contribution in [2.24, 2.45) is 0 Å². The SMILES string of the molecule is C[C@H](OC(=O)CCC(=O)c1ccc2c(c1)CCC2)c1nnc(-c2ccc(F)cc2)o1. The van der Waals surface area contributed by atoms with Crippen molar-refractivity contribution in [1.29, 1.82) is 0 Å². The van der Waals surface area contributed by atoms with E-state index in [9.17, 15) is 14.0 Å². The highest BCUT2D eigenvalue weighted by atomic mass is 19.1. The second-order valence-corrected chi connectivity index (χ2v) is 7.34. The van der Waals surface area contributed by atoms with Crippen LogP contribution in [0.25, 0.3) is 11.5 Å². The largest absolute Gasteiger partial charge is 0.453 e. The normalized spacial score (nSPS) is 13.7. The molecule has 0 radical (unpaired) electrons. The summed E-state index contributed by atoms with van der Waals surface area (Å²) in [6.45, 7) is 1.61. The molecule has 1 aliphatic carbocycles. The molecule has 30 heavy (non-hydrogen) atoms. The number of nitrogens with zero attached hydrogens (tertiary/aromatic N) is 2. The first-order valence-corrected chi connectivity index (χ1v) is 9.93. The number of carbonyl (C=O) groups excluding carboxylic acids is 2. The molecule has 1 atom stereocenters. The Bertz CT molecular complexity index is 1080. The van der Waals surface area contributed by atoms with Gasteiger partial charge < -0.3 is 9.15 Å². The van der Waals surface area contributed by atoms with Crippen molar-refractivity contribution in [2.45, 2.75) is 45.1 Å². The monoisotopic (exact) mass is 408 g/mol. The minimum Gasteiger partial charge on any atom is -0.453 e. The molecule has 0 amide bonds. The molecule has 6 nitrogen and oxygen atoms in total. The topological polar surface area (TPSA) is 82.3 Å². The van der Waals surface area contributed by atoms with Crippen molar-refractivity contribution >= 4 is 11.8 Å². The number of Topliss-reactive ketones (excluding diaryl/α,β-unsaturated/α-hetero) is 1. The highest BCUT2D eigenvalue weighted by molar-refractivity contribution is 5.97. The van der Waals surface area contributed by atoms with Crippen LogP contribution in [0.3, 0.4) is 0 Å². The van der Waals surface area contributed by atoms with E-state index in [4.69, 9.17) is 9.15 Å². The molecule has 3 aromatic rings. The molecule has 1 aromatic heterocycles. The fraction of sp³-hybridized carbons (Fsp3) is 0.304. The number of hydrogen-bond acceptors (Lipinski definition) is 6. The zero-order valence-electron chi connectivity index (χ0n) is 16.6. The molecule has 1 heterocycles. The summed E-state index contributed by atoms with van der Waals surface area (Å²) < 4.78 is 23.9. The number of esters is 1. The summed E-state index contributed by atoms with van der Waals surface area (Å²) in [6, 6.07) is 11.4. The highest BCUT2D eigenvalue weighted by Gasteiger charge is 2.20. The second-order valence-electron chi connectivity index (χ2n) is 7.34. The predicted molar refractivity (Wildman–Crippen MR) is 106 cm³/mol. The molecule has 0 aliphatic heterocycles. The van der Waals surface area contributed by atoms with E-state index in [0.717, 1.165) is 19.3 Å². The van der Waals surface area contributed by atoms with Crippen LogP contribution >= 0.6 is 0 Å². The van der Waals surface area contributed by atoms with Crippen molar-refractivity contribution < 1.29 is 23.1 Å².